The number of carbonyl (C=O) groups excluding carboxylic acids is 3. The highest BCUT2D eigenvalue weighted by Crippen LogP contribution is 2.42. The Morgan fingerprint density at radius 2 is 2.00 bits per heavy atom. The molecule has 0 aromatic carbocycles. The van der Waals surface area contributed by atoms with Crippen LogP contribution in [0.25, 0.3) is 0 Å². The smallest absolute Gasteiger partial charge is 0.409 e. The molecule has 0 N–H and O–H groups in total. The van der Waals surface area contributed by atoms with Gasteiger partial charge < -0.3 is 9.64 Å². The number of carbonyl (C=O) groups is 3. The molecule has 0 atom stereocenters. The lowest BCUT2D eigenvalue weighted by Crippen LogP contribution is -2.46. The molecule has 0 aliphatic carbocycles. The van der Waals surface area contributed by atoms with Crippen molar-refractivity contribution in [2.24, 2.45) is 5.41 Å². The van der Waals surface area contributed by atoms with E-state index in [2.05, 4.69) is 15.9 Å². The first-order valence-corrected chi connectivity index (χ1v) is 8.05. The molecule has 1 spiro atoms. The van der Waals surface area contributed by atoms with Crippen LogP contribution in [-0.4, -0.2) is 60.0 Å². The maximum Gasteiger partial charge on any atom is 0.409 e. The van der Waals surface area contributed by atoms with Crippen molar-refractivity contribution in [3.05, 3.63) is 0 Å². The standard InChI is InChI=1S/C13H19BrN2O5/c1-20-16-10(17)9-13(11(16)18)3-6-15(7-4-13)12(19)21-8-2-5-14/h2-9H2,1H3. The molecule has 2 saturated heterocycles. The van der Waals surface area contributed by atoms with Crippen molar-refractivity contribution in [2.75, 3.05) is 32.1 Å². The average molecular weight is 363 g/mol. The number of halogens is 1. The summed E-state index contributed by atoms with van der Waals surface area (Å²) in [5, 5.41) is 1.62. The van der Waals surface area contributed by atoms with E-state index in [-0.39, 0.29) is 24.3 Å². The summed E-state index contributed by atoms with van der Waals surface area (Å²) in [7, 11) is 1.31. The molecule has 0 unspecified atom stereocenters. The molecule has 2 aliphatic heterocycles. The zero-order chi connectivity index (χ0) is 15.5. The van der Waals surface area contributed by atoms with Crippen molar-refractivity contribution < 1.29 is 24.0 Å². The van der Waals surface area contributed by atoms with Crippen LogP contribution < -0.4 is 0 Å². The largest absolute Gasteiger partial charge is 0.449 e. The molecular formula is C13H19BrN2O5. The van der Waals surface area contributed by atoms with Gasteiger partial charge in [-0.25, -0.2) is 4.79 Å². The Hall–Kier alpha value is -1.15. The van der Waals surface area contributed by atoms with Gasteiger partial charge in [-0.15, -0.1) is 0 Å². The van der Waals surface area contributed by atoms with E-state index in [0.717, 1.165) is 16.8 Å². The maximum atomic E-state index is 12.3. The van der Waals surface area contributed by atoms with Gasteiger partial charge in [0.1, 0.15) is 0 Å². The van der Waals surface area contributed by atoms with Crippen LogP contribution in [0.2, 0.25) is 0 Å². The molecule has 3 amide bonds. The van der Waals surface area contributed by atoms with Gasteiger partial charge in [0, 0.05) is 24.8 Å². The third kappa shape index (κ3) is 3.21. The van der Waals surface area contributed by atoms with Crippen LogP contribution in [0.4, 0.5) is 4.79 Å². The van der Waals surface area contributed by atoms with Gasteiger partial charge in [-0.05, 0) is 19.3 Å². The molecule has 21 heavy (non-hydrogen) atoms. The fourth-order valence-corrected chi connectivity index (χ4v) is 2.99. The Labute approximate surface area is 131 Å². The lowest BCUT2D eigenvalue weighted by atomic mass is 9.77. The van der Waals surface area contributed by atoms with Crippen LogP contribution in [0.1, 0.15) is 25.7 Å². The highest BCUT2D eigenvalue weighted by molar-refractivity contribution is 9.09. The zero-order valence-corrected chi connectivity index (χ0v) is 13.6. The van der Waals surface area contributed by atoms with E-state index in [1.165, 1.54) is 7.11 Å². The van der Waals surface area contributed by atoms with E-state index in [9.17, 15) is 14.4 Å². The highest BCUT2D eigenvalue weighted by atomic mass is 79.9. The molecule has 2 heterocycles. The summed E-state index contributed by atoms with van der Waals surface area (Å²) in [6.45, 7) is 1.22. The van der Waals surface area contributed by atoms with Crippen molar-refractivity contribution in [3.8, 4) is 0 Å². The fourth-order valence-electron chi connectivity index (χ4n) is 2.76. The van der Waals surface area contributed by atoms with Gasteiger partial charge in [-0.1, -0.05) is 15.9 Å². The molecule has 0 aromatic rings. The number of hydroxylamine groups is 2. The highest BCUT2D eigenvalue weighted by Gasteiger charge is 2.53. The molecule has 118 valence electrons. The SMILES string of the molecule is CON1C(=O)CC2(CCN(C(=O)OCCCBr)CC2)C1=O. The summed E-state index contributed by atoms with van der Waals surface area (Å²) in [6, 6.07) is 0. The molecule has 0 saturated carbocycles. The molecule has 2 rings (SSSR count). The third-order valence-electron chi connectivity index (χ3n) is 4.02. The van der Waals surface area contributed by atoms with Crippen LogP contribution in [0.3, 0.4) is 0 Å². The van der Waals surface area contributed by atoms with Crippen molar-refractivity contribution in [3.63, 3.8) is 0 Å². The number of piperidine rings is 1. The monoisotopic (exact) mass is 362 g/mol. The quantitative estimate of drug-likeness (QED) is 0.428. The first-order chi connectivity index (χ1) is 10.0. The Balaban J connectivity index is 1.90. The molecule has 2 fully saturated rings. The fraction of sp³-hybridized carbons (Fsp3) is 0.769. The number of rotatable bonds is 4. The average Bonchev–Trinajstić information content (AvgIpc) is 2.70. The van der Waals surface area contributed by atoms with Crippen LogP contribution in [-0.2, 0) is 19.2 Å². The van der Waals surface area contributed by atoms with E-state index in [0.29, 0.717) is 32.5 Å². The summed E-state index contributed by atoms with van der Waals surface area (Å²) in [5.41, 5.74) is -0.709. The van der Waals surface area contributed by atoms with E-state index >= 15 is 0 Å². The van der Waals surface area contributed by atoms with Gasteiger partial charge in [0.15, 0.2) is 0 Å². The Kier molecular flexibility index (Phi) is 5.21. The van der Waals surface area contributed by atoms with E-state index in [4.69, 9.17) is 9.57 Å². The minimum atomic E-state index is -0.709. The normalized spacial score (nSPS) is 21.2. The maximum absolute atomic E-state index is 12.3. The molecule has 0 aromatic heterocycles. The second-order valence-corrected chi connectivity index (χ2v) is 6.07. The van der Waals surface area contributed by atoms with Gasteiger partial charge in [0.05, 0.1) is 19.1 Å². The van der Waals surface area contributed by atoms with Crippen molar-refractivity contribution >= 4 is 33.8 Å². The summed E-state index contributed by atoms with van der Waals surface area (Å²) in [5.74, 6) is -0.599. The lowest BCUT2D eigenvalue weighted by molar-refractivity contribution is -0.183. The number of ether oxygens (including phenoxy) is 1. The number of alkyl halides is 1. The predicted molar refractivity (Wildman–Crippen MR) is 76.5 cm³/mol. The third-order valence-corrected chi connectivity index (χ3v) is 4.58. The number of hydrogen-bond acceptors (Lipinski definition) is 5. The molecule has 7 nitrogen and oxygen atoms in total. The van der Waals surface area contributed by atoms with E-state index in [1.807, 2.05) is 0 Å². The summed E-state index contributed by atoms with van der Waals surface area (Å²) in [6.07, 6.45) is 1.49. The summed E-state index contributed by atoms with van der Waals surface area (Å²) < 4.78 is 5.13. The molecule has 0 bridgehead atoms. The minimum Gasteiger partial charge on any atom is -0.449 e. The number of imide groups is 1. The molecular weight excluding hydrogens is 344 g/mol. The molecule has 2 aliphatic rings. The molecule has 0 radical (unpaired) electrons. The number of amides is 3. The number of likely N-dealkylation sites (tertiary alicyclic amines) is 1. The van der Waals surface area contributed by atoms with E-state index < -0.39 is 5.41 Å². The summed E-state index contributed by atoms with van der Waals surface area (Å²) in [4.78, 5) is 42.3. The Morgan fingerprint density at radius 3 is 2.52 bits per heavy atom. The molecule has 8 heteroatoms. The van der Waals surface area contributed by atoms with Gasteiger partial charge in [0.2, 0.25) is 0 Å². The van der Waals surface area contributed by atoms with Crippen LogP contribution in [0, 0.1) is 5.41 Å². The first kappa shape index (κ1) is 16.2. The van der Waals surface area contributed by atoms with Gasteiger partial charge in [-0.2, -0.15) is 5.06 Å². The van der Waals surface area contributed by atoms with E-state index in [1.54, 1.807) is 4.90 Å². The number of hydrogen-bond donors (Lipinski definition) is 0. The lowest BCUT2D eigenvalue weighted by Gasteiger charge is -2.36. The van der Waals surface area contributed by atoms with Gasteiger partial charge in [-0.3, -0.25) is 14.4 Å². The van der Waals surface area contributed by atoms with Crippen LogP contribution in [0.5, 0.6) is 0 Å². The van der Waals surface area contributed by atoms with Gasteiger partial charge in [0.25, 0.3) is 11.8 Å². The Bertz CT molecular complexity index is 434. The zero-order valence-electron chi connectivity index (χ0n) is 12.0. The second-order valence-electron chi connectivity index (χ2n) is 5.28. The second kappa shape index (κ2) is 6.74. The Morgan fingerprint density at radius 1 is 1.33 bits per heavy atom. The van der Waals surface area contributed by atoms with Crippen molar-refractivity contribution in [1.82, 2.24) is 9.96 Å². The minimum absolute atomic E-state index is 0.159. The van der Waals surface area contributed by atoms with Crippen LogP contribution in [0.15, 0.2) is 0 Å². The van der Waals surface area contributed by atoms with Crippen LogP contribution >= 0.6 is 15.9 Å². The van der Waals surface area contributed by atoms with Crippen molar-refractivity contribution in [2.45, 2.75) is 25.7 Å². The van der Waals surface area contributed by atoms with Gasteiger partial charge >= 0.3 is 6.09 Å². The number of nitrogens with zero attached hydrogens (tertiary/aromatic N) is 2. The topological polar surface area (TPSA) is 76.2 Å². The van der Waals surface area contributed by atoms with Crippen molar-refractivity contribution in [1.29, 1.82) is 0 Å². The first-order valence-electron chi connectivity index (χ1n) is 6.93. The summed E-state index contributed by atoms with van der Waals surface area (Å²) >= 11 is 3.27. The predicted octanol–water partition coefficient (Wildman–Crippen LogP) is 1.31.